The zero-order valence-electron chi connectivity index (χ0n) is 10.4. The van der Waals surface area contributed by atoms with Crippen LogP contribution in [0.1, 0.15) is 5.69 Å². The van der Waals surface area contributed by atoms with Crippen LogP contribution in [0.4, 0.5) is 0 Å². The Balaban J connectivity index is 2.04. The molecule has 0 bridgehead atoms. The molecule has 7 nitrogen and oxygen atoms in total. The fourth-order valence-corrected chi connectivity index (χ4v) is 1.75. The second-order valence-corrected chi connectivity index (χ2v) is 4.07. The Hall–Kier alpha value is -2.80. The Bertz CT molecular complexity index is 741. The lowest BCUT2D eigenvalue weighted by molar-refractivity contribution is 0.276. The van der Waals surface area contributed by atoms with Gasteiger partial charge in [0.05, 0.1) is 18.4 Å². The highest BCUT2D eigenvalue weighted by molar-refractivity contribution is 5.63. The van der Waals surface area contributed by atoms with Gasteiger partial charge in [0.15, 0.2) is 11.6 Å². The molecule has 0 saturated heterocycles. The van der Waals surface area contributed by atoms with E-state index >= 15 is 0 Å². The van der Waals surface area contributed by atoms with Crippen LogP contribution in [-0.4, -0.2) is 35.2 Å². The average Bonchev–Trinajstić information content (AvgIpc) is 2.97. The second kappa shape index (κ2) is 5.06. The summed E-state index contributed by atoms with van der Waals surface area (Å²) in [6.45, 7) is -0.183. The Morgan fingerprint density at radius 3 is 2.75 bits per heavy atom. The van der Waals surface area contributed by atoms with Gasteiger partial charge < -0.3 is 10.2 Å². The largest absolute Gasteiger partial charge is 0.507 e. The summed E-state index contributed by atoms with van der Waals surface area (Å²) in [7, 11) is 0. The number of nitrogens with zero attached hydrogens (tertiary/aromatic N) is 5. The van der Waals surface area contributed by atoms with Crippen molar-refractivity contribution in [2.75, 3.05) is 0 Å². The van der Waals surface area contributed by atoms with Crippen LogP contribution in [0.5, 0.6) is 5.75 Å². The van der Waals surface area contributed by atoms with E-state index in [1.807, 2.05) is 0 Å². The summed E-state index contributed by atoms with van der Waals surface area (Å²) in [5.74, 6) is 1.01. The van der Waals surface area contributed by atoms with Gasteiger partial charge in [-0.2, -0.15) is 0 Å². The van der Waals surface area contributed by atoms with Crippen LogP contribution in [0.3, 0.4) is 0 Å². The smallest absolute Gasteiger partial charge is 0.165 e. The first kappa shape index (κ1) is 12.2. The zero-order chi connectivity index (χ0) is 13.9. The normalized spacial score (nSPS) is 10.7. The van der Waals surface area contributed by atoms with E-state index in [0.29, 0.717) is 22.9 Å². The molecule has 7 heteroatoms. The SMILES string of the molecule is OCc1cn(-c2ccnc(-c3ccccc3O)n2)nn1. The second-order valence-electron chi connectivity index (χ2n) is 4.07. The maximum absolute atomic E-state index is 9.82. The van der Waals surface area contributed by atoms with Crippen LogP contribution in [0.2, 0.25) is 0 Å². The van der Waals surface area contributed by atoms with Crippen molar-refractivity contribution in [3.05, 3.63) is 48.4 Å². The van der Waals surface area contributed by atoms with Gasteiger partial charge in [-0.15, -0.1) is 5.10 Å². The molecule has 0 atom stereocenters. The Morgan fingerprint density at radius 1 is 1.15 bits per heavy atom. The van der Waals surface area contributed by atoms with Gasteiger partial charge in [0.25, 0.3) is 0 Å². The molecule has 0 aliphatic rings. The van der Waals surface area contributed by atoms with Gasteiger partial charge in [-0.1, -0.05) is 17.3 Å². The maximum Gasteiger partial charge on any atom is 0.165 e. The van der Waals surface area contributed by atoms with E-state index in [4.69, 9.17) is 5.11 Å². The first-order chi connectivity index (χ1) is 9.78. The third-order valence-corrected chi connectivity index (χ3v) is 2.72. The fraction of sp³-hybridized carbons (Fsp3) is 0.0769. The lowest BCUT2D eigenvalue weighted by Gasteiger charge is -2.04. The number of para-hydroxylation sites is 1. The van der Waals surface area contributed by atoms with E-state index in [9.17, 15) is 5.11 Å². The van der Waals surface area contributed by atoms with E-state index in [-0.39, 0.29) is 12.4 Å². The molecule has 2 heterocycles. The van der Waals surface area contributed by atoms with Gasteiger partial charge in [-0.25, -0.2) is 14.6 Å². The molecule has 0 saturated carbocycles. The Morgan fingerprint density at radius 2 is 2.00 bits per heavy atom. The van der Waals surface area contributed by atoms with E-state index in [0.717, 1.165) is 0 Å². The monoisotopic (exact) mass is 269 g/mol. The van der Waals surface area contributed by atoms with Crippen molar-refractivity contribution < 1.29 is 10.2 Å². The molecule has 0 aliphatic heterocycles. The highest BCUT2D eigenvalue weighted by Gasteiger charge is 2.09. The average molecular weight is 269 g/mol. The van der Waals surface area contributed by atoms with Crippen LogP contribution in [0.15, 0.2) is 42.7 Å². The molecule has 0 amide bonds. The van der Waals surface area contributed by atoms with Gasteiger partial charge in [0.1, 0.15) is 11.4 Å². The van der Waals surface area contributed by atoms with E-state index < -0.39 is 0 Å². The molecule has 3 aromatic rings. The molecule has 1 aromatic carbocycles. The molecule has 100 valence electrons. The van der Waals surface area contributed by atoms with E-state index in [1.54, 1.807) is 42.7 Å². The topological polar surface area (TPSA) is 97.0 Å². The molecule has 2 aromatic heterocycles. The number of aliphatic hydroxyl groups excluding tert-OH is 1. The van der Waals surface area contributed by atoms with E-state index in [1.165, 1.54) is 4.68 Å². The summed E-state index contributed by atoms with van der Waals surface area (Å²) < 4.78 is 1.44. The van der Waals surface area contributed by atoms with Gasteiger partial charge in [0, 0.05) is 12.3 Å². The van der Waals surface area contributed by atoms with Crippen molar-refractivity contribution in [2.24, 2.45) is 0 Å². The van der Waals surface area contributed by atoms with E-state index in [2.05, 4.69) is 20.3 Å². The molecule has 20 heavy (non-hydrogen) atoms. The molecule has 0 radical (unpaired) electrons. The number of aromatic nitrogens is 5. The van der Waals surface area contributed by atoms with Crippen molar-refractivity contribution >= 4 is 0 Å². The Kier molecular flexibility index (Phi) is 3.10. The minimum atomic E-state index is -0.183. The maximum atomic E-state index is 9.82. The molecule has 3 rings (SSSR count). The van der Waals surface area contributed by atoms with Crippen LogP contribution < -0.4 is 0 Å². The molecule has 2 N–H and O–H groups in total. The number of phenols is 1. The first-order valence-corrected chi connectivity index (χ1v) is 5.92. The molecule has 0 aliphatic carbocycles. The summed E-state index contributed by atoms with van der Waals surface area (Å²) >= 11 is 0. The predicted molar refractivity (Wildman–Crippen MR) is 70.0 cm³/mol. The van der Waals surface area contributed by atoms with Crippen molar-refractivity contribution in [1.82, 2.24) is 25.0 Å². The predicted octanol–water partition coefficient (Wildman–Crippen LogP) is 0.922. The van der Waals surface area contributed by atoms with Crippen LogP contribution in [0, 0.1) is 0 Å². The number of hydrogen-bond donors (Lipinski definition) is 2. The van der Waals surface area contributed by atoms with Crippen molar-refractivity contribution in [3.63, 3.8) is 0 Å². The standard InChI is InChI=1S/C13H11N5O2/c19-8-9-7-18(17-16-9)12-5-6-14-13(15-12)10-3-1-2-4-11(10)20/h1-7,19-20H,8H2. The zero-order valence-corrected chi connectivity index (χ0v) is 10.4. The van der Waals surface area contributed by atoms with Crippen LogP contribution in [0.25, 0.3) is 17.2 Å². The number of benzene rings is 1. The number of aliphatic hydroxyl groups is 1. The summed E-state index contributed by atoms with van der Waals surface area (Å²) in [6, 6.07) is 8.50. The number of rotatable bonds is 3. The van der Waals surface area contributed by atoms with Crippen molar-refractivity contribution in [1.29, 1.82) is 0 Å². The van der Waals surface area contributed by atoms with Gasteiger partial charge >= 0.3 is 0 Å². The third kappa shape index (κ3) is 2.21. The summed E-state index contributed by atoms with van der Waals surface area (Å²) in [5, 5.41) is 26.5. The minimum absolute atomic E-state index is 0.110. The fourth-order valence-electron chi connectivity index (χ4n) is 1.75. The molecular formula is C13H11N5O2. The van der Waals surface area contributed by atoms with Crippen LogP contribution >= 0.6 is 0 Å². The molecular weight excluding hydrogens is 258 g/mol. The lowest BCUT2D eigenvalue weighted by atomic mass is 10.2. The summed E-state index contributed by atoms with van der Waals surface area (Å²) in [4.78, 5) is 8.47. The minimum Gasteiger partial charge on any atom is -0.507 e. The van der Waals surface area contributed by atoms with Gasteiger partial charge in [-0.05, 0) is 12.1 Å². The first-order valence-electron chi connectivity index (χ1n) is 5.92. The number of phenolic OH excluding ortho intramolecular Hbond substituents is 1. The highest BCUT2D eigenvalue weighted by atomic mass is 16.3. The Labute approximate surface area is 114 Å². The molecule has 0 spiro atoms. The number of hydrogen-bond acceptors (Lipinski definition) is 6. The quantitative estimate of drug-likeness (QED) is 0.734. The van der Waals surface area contributed by atoms with Gasteiger partial charge in [0.2, 0.25) is 0 Å². The van der Waals surface area contributed by atoms with Gasteiger partial charge in [-0.3, -0.25) is 0 Å². The highest BCUT2D eigenvalue weighted by Crippen LogP contribution is 2.25. The molecule has 0 fully saturated rings. The number of aromatic hydroxyl groups is 1. The van der Waals surface area contributed by atoms with Crippen molar-refractivity contribution in [3.8, 4) is 23.0 Å². The molecule has 0 unspecified atom stereocenters. The summed E-state index contributed by atoms with van der Waals surface area (Å²) in [6.07, 6.45) is 3.15. The lowest BCUT2D eigenvalue weighted by Crippen LogP contribution is -2.00. The summed E-state index contributed by atoms with van der Waals surface area (Å²) in [5.41, 5.74) is 0.990. The third-order valence-electron chi connectivity index (χ3n) is 2.72. The van der Waals surface area contributed by atoms with Crippen molar-refractivity contribution in [2.45, 2.75) is 6.61 Å². The van der Waals surface area contributed by atoms with Crippen LogP contribution in [-0.2, 0) is 6.61 Å².